The number of carbonyl (C=O) groups is 2. The lowest BCUT2D eigenvalue weighted by molar-refractivity contribution is -0.136. The molecule has 2 aromatic rings. The first-order chi connectivity index (χ1) is 15.0. The predicted octanol–water partition coefficient (Wildman–Crippen LogP) is 4.62. The summed E-state index contributed by atoms with van der Waals surface area (Å²) >= 11 is 0. The van der Waals surface area contributed by atoms with Crippen molar-refractivity contribution in [2.45, 2.75) is 38.5 Å². The van der Waals surface area contributed by atoms with E-state index in [4.69, 9.17) is 9.47 Å². The number of hydrogen-bond acceptors (Lipinski definition) is 5. The van der Waals surface area contributed by atoms with Gasteiger partial charge in [-0.05, 0) is 37.8 Å². The molecule has 31 heavy (non-hydrogen) atoms. The normalized spacial score (nSPS) is 20.8. The Labute approximate surface area is 182 Å². The van der Waals surface area contributed by atoms with Gasteiger partial charge in [-0.15, -0.1) is 0 Å². The molecule has 5 nitrogen and oxygen atoms in total. The summed E-state index contributed by atoms with van der Waals surface area (Å²) in [4.78, 5) is 26.3. The number of hydrogen-bond donors (Lipinski definition) is 1. The molecule has 2 aliphatic rings. The number of ether oxygens (including phenoxy) is 2. The fraction of sp³-hybridized carbons (Fsp3) is 0.308. The Morgan fingerprint density at radius 2 is 1.77 bits per heavy atom. The van der Waals surface area contributed by atoms with Gasteiger partial charge in [0, 0.05) is 29.0 Å². The van der Waals surface area contributed by atoms with Crippen LogP contribution in [0.15, 0.2) is 77.1 Å². The van der Waals surface area contributed by atoms with Gasteiger partial charge in [0.25, 0.3) is 0 Å². The third kappa shape index (κ3) is 3.88. The summed E-state index contributed by atoms with van der Waals surface area (Å²) in [6.45, 7) is 4.28. The molecule has 0 radical (unpaired) electrons. The smallest absolute Gasteiger partial charge is 0.336 e. The number of para-hydroxylation sites is 1. The van der Waals surface area contributed by atoms with Crippen LogP contribution >= 0.6 is 0 Å². The van der Waals surface area contributed by atoms with Crippen molar-refractivity contribution in [3.63, 3.8) is 0 Å². The number of ketones is 1. The third-order valence-electron chi connectivity index (χ3n) is 6.03. The Morgan fingerprint density at radius 3 is 2.48 bits per heavy atom. The van der Waals surface area contributed by atoms with Crippen LogP contribution in [0.4, 0.5) is 0 Å². The van der Waals surface area contributed by atoms with E-state index in [1.807, 2.05) is 56.3 Å². The molecule has 0 amide bonds. The molecule has 2 atom stereocenters. The molecule has 4 rings (SSSR count). The second kappa shape index (κ2) is 8.80. The monoisotopic (exact) mass is 417 g/mol. The lowest BCUT2D eigenvalue weighted by Gasteiger charge is -2.37. The molecule has 0 saturated heterocycles. The van der Waals surface area contributed by atoms with E-state index in [1.54, 1.807) is 0 Å². The van der Waals surface area contributed by atoms with Crippen LogP contribution in [-0.2, 0) is 14.3 Å². The highest BCUT2D eigenvalue weighted by Crippen LogP contribution is 2.47. The number of carbonyl (C=O) groups excluding carboxylic acids is 2. The first kappa shape index (κ1) is 20.9. The van der Waals surface area contributed by atoms with Gasteiger partial charge in [-0.25, -0.2) is 4.79 Å². The highest BCUT2D eigenvalue weighted by molar-refractivity contribution is 6.04. The summed E-state index contributed by atoms with van der Waals surface area (Å²) in [5, 5.41) is 3.36. The minimum atomic E-state index is -0.518. The fourth-order valence-corrected chi connectivity index (χ4v) is 4.70. The number of allylic oxidation sites excluding steroid dienone is 3. The van der Waals surface area contributed by atoms with Crippen molar-refractivity contribution in [2.75, 3.05) is 13.7 Å². The Balaban J connectivity index is 1.85. The number of Topliss-reactive ketones (excluding diaryl/α,β-unsaturated/α-hetero) is 1. The quantitative estimate of drug-likeness (QED) is 0.719. The highest BCUT2D eigenvalue weighted by atomic mass is 16.5. The van der Waals surface area contributed by atoms with Crippen LogP contribution in [0.3, 0.4) is 0 Å². The van der Waals surface area contributed by atoms with Crippen LogP contribution in [0.5, 0.6) is 5.75 Å². The second-order valence-electron chi connectivity index (χ2n) is 7.89. The first-order valence-corrected chi connectivity index (χ1v) is 10.6. The molecule has 1 heterocycles. The Morgan fingerprint density at radius 1 is 1.06 bits per heavy atom. The SMILES string of the molecule is CCOc1ccccc1[C@H]1C(C(=O)OC)=C(C)NC2=C1C(=O)C[C@@H](c1ccccc1)C2. The van der Waals surface area contributed by atoms with Crippen molar-refractivity contribution in [3.05, 3.63) is 88.3 Å². The molecule has 2 aromatic carbocycles. The minimum Gasteiger partial charge on any atom is -0.494 e. The molecular formula is C26H27NO4. The van der Waals surface area contributed by atoms with Gasteiger partial charge in [0.15, 0.2) is 5.78 Å². The molecule has 1 aliphatic carbocycles. The van der Waals surface area contributed by atoms with Crippen molar-refractivity contribution in [1.82, 2.24) is 5.32 Å². The summed E-state index contributed by atoms with van der Waals surface area (Å²) in [5.41, 5.74) is 4.65. The number of methoxy groups -OCH3 is 1. The number of esters is 1. The van der Waals surface area contributed by atoms with Crippen LogP contribution in [-0.4, -0.2) is 25.5 Å². The van der Waals surface area contributed by atoms with Crippen molar-refractivity contribution in [2.24, 2.45) is 0 Å². The van der Waals surface area contributed by atoms with Crippen molar-refractivity contribution in [3.8, 4) is 5.75 Å². The third-order valence-corrected chi connectivity index (χ3v) is 6.03. The van der Waals surface area contributed by atoms with Gasteiger partial charge in [-0.3, -0.25) is 4.79 Å². The number of rotatable bonds is 5. The maximum Gasteiger partial charge on any atom is 0.336 e. The van der Waals surface area contributed by atoms with Crippen LogP contribution in [0.2, 0.25) is 0 Å². The van der Waals surface area contributed by atoms with E-state index in [0.29, 0.717) is 42.0 Å². The lowest BCUT2D eigenvalue weighted by Crippen LogP contribution is -2.36. The molecule has 0 fully saturated rings. The fourth-order valence-electron chi connectivity index (χ4n) is 4.70. The van der Waals surface area contributed by atoms with E-state index in [0.717, 1.165) is 16.8 Å². The summed E-state index contributed by atoms with van der Waals surface area (Å²) in [5.74, 6) is -0.125. The van der Waals surface area contributed by atoms with Gasteiger partial charge in [0.05, 0.1) is 25.2 Å². The van der Waals surface area contributed by atoms with Gasteiger partial charge in [0.2, 0.25) is 0 Å². The number of nitrogens with one attached hydrogen (secondary N) is 1. The molecule has 5 heteroatoms. The van der Waals surface area contributed by atoms with E-state index in [-0.39, 0.29) is 11.7 Å². The topological polar surface area (TPSA) is 64.6 Å². The molecule has 1 aliphatic heterocycles. The average Bonchev–Trinajstić information content (AvgIpc) is 2.79. The highest BCUT2D eigenvalue weighted by Gasteiger charge is 2.42. The van der Waals surface area contributed by atoms with E-state index >= 15 is 0 Å². The summed E-state index contributed by atoms with van der Waals surface area (Å²) < 4.78 is 11.0. The molecule has 0 spiro atoms. The largest absolute Gasteiger partial charge is 0.494 e. The molecule has 160 valence electrons. The lowest BCUT2D eigenvalue weighted by atomic mass is 9.71. The predicted molar refractivity (Wildman–Crippen MR) is 119 cm³/mol. The van der Waals surface area contributed by atoms with Gasteiger partial charge in [0.1, 0.15) is 5.75 Å². The zero-order valence-electron chi connectivity index (χ0n) is 18.1. The van der Waals surface area contributed by atoms with Crippen LogP contribution in [0.25, 0.3) is 0 Å². The molecule has 0 bridgehead atoms. The average molecular weight is 418 g/mol. The van der Waals surface area contributed by atoms with Crippen molar-refractivity contribution in [1.29, 1.82) is 0 Å². The first-order valence-electron chi connectivity index (χ1n) is 10.6. The minimum absolute atomic E-state index is 0.0489. The van der Waals surface area contributed by atoms with Crippen LogP contribution < -0.4 is 10.1 Å². The summed E-state index contributed by atoms with van der Waals surface area (Å²) in [6, 6.07) is 17.7. The molecule has 0 unspecified atom stereocenters. The maximum atomic E-state index is 13.5. The Bertz CT molecular complexity index is 1070. The maximum absolute atomic E-state index is 13.5. The standard InChI is InChI=1S/C26H27NO4/c1-4-31-22-13-9-8-12-19(22)24-23(26(29)30-3)16(2)27-20-14-18(15-21(28)25(20)24)17-10-6-5-7-11-17/h5-13,18,24,27H,4,14-15H2,1-3H3/t18-,24-/m0/s1. The Kier molecular flexibility index (Phi) is 5.94. The number of dihydropyridines is 1. The van der Waals surface area contributed by atoms with E-state index in [2.05, 4.69) is 17.4 Å². The summed E-state index contributed by atoms with van der Waals surface area (Å²) in [6.07, 6.45) is 1.12. The van der Waals surface area contributed by atoms with Crippen molar-refractivity contribution >= 4 is 11.8 Å². The molecule has 1 N–H and O–H groups in total. The van der Waals surface area contributed by atoms with E-state index in [1.165, 1.54) is 7.11 Å². The van der Waals surface area contributed by atoms with E-state index < -0.39 is 11.9 Å². The zero-order valence-corrected chi connectivity index (χ0v) is 18.1. The van der Waals surface area contributed by atoms with Gasteiger partial charge in [-0.1, -0.05) is 48.5 Å². The Hall–Kier alpha value is -3.34. The van der Waals surface area contributed by atoms with Crippen molar-refractivity contribution < 1.29 is 19.1 Å². The van der Waals surface area contributed by atoms with Crippen LogP contribution in [0.1, 0.15) is 49.7 Å². The van der Waals surface area contributed by atoms with E-state index in [9.17, 15) is 9.59 Å². The van der Waals surface area contributed by atoms with Gasteiger partial charge < -0.3 is 14.8 Å². The number of benzene rings is 2. The van der Waals surface area contributed by atoms with Crippen LogP contribution in [0, 0.1) is 0 Å². The van der Waals surface area contributed by atoms with Gasteiger partial charge >= 0.3 is 5.97 Å². The summed E-state index contributed by atoms with van der Waals surface area (Å²) in [7, 11) is 1.37. The zero-order chi connectivity index (χ0) is 22.0. The van der Waals surface area contributed by atoms with Gasteiger partial charge in [-0.2, -0.15) is 0 Å². The molecule has 0 saturated carbocycles. The molecular weight excluding hydrogens is 390 g/mol. The second-order valence-corrected chi connectivity index (χ2v) is 7.89. The molecule has 0 aromatic heterocycles.